The fraction of sp³-hybridized carbons (Fsp3) is 0.320. The number of hydrogen-bond donors (Lipinski definition) is 1. The molecule has 1 saturated heterocycles. The van der Waals surface area contributed by atoms with Gasteiger partial charge in [0.25, 0.3) is 0 Å². The van der Waals surface area contributed by atoms with Crippen molar-refractivity contribution in [3.05, 3.63) is 82.4 Å². The van der Waals surface area contributed by atoms with Crippen LogP contribution < -0.4 is 10.1 Å². The molecule has 0 bridgehead atoms. The predicted octanol–water partition coefficient (Wildman–Crippen LogP) is 3.67. The van der Waals surface area contributed by atoms with Crippen LogP contribution in [0.1, 0.15) is 41.3 Å². The third-order valence-corrected chi connectivity index (χ3v) is 6.59. The van der Waals surface area contributed by atoms with Crippen molar-refractivity contribution in [3.63, 3.8) is 0 Å². The fourth-order valence-corrected chi connectivity index (χ4v) is 4.80. The van der Waals surface area contributed by atoms with Crippen LogP contribution in [0, 0.1) is 11.3 Å². The Morgan fingerprint density at radius 2 is 2.06 bits per heavy atom. The number of nitrogens with one attached hydrogen (secondary N) is 1. The molecule has 0 radical (unpaired) electrons. The van der Waals surface area contributed by atoms with Gasteiger partial charge in [-0.3, -0.25) is 4.79 Å². The van der Waals surface area contributed by atoms with E-state index in [2.05, 4.69) is 20.9 Å². The number of hydrogen-bond acceptors (Lipinski definition) is 5. The predicted molar refractivity (Wildman–Crippen MR) is 124 cm³/mol. The zero-order chi connectivity index (χ0) is 22.8. The van der Waals surface area contributed by atoms with Gasteiger partial charge in [0.05, 0.1) is 42.3 Å². The highest BCUT2D eigenvalue weighted by atomic mass is 35.5. The Morgan fingerprint density at radius 3 is 2.88 bits per heavy atom. The number of fused-ring (bicyclic) bond motifs is 1. The number of amides is 1. The van der Waals surface area contributed by atoms with Crippen LogP contribution >= 0.6 is 11.6 Å². The molecule has 3 aromatic rings. The number of rotatable bonds is 6. The van der Waals surface area contributed by atoms with Gasteiger partial charge in [-0.15, -0.1) is 0 Å². The molecule has 1 N–H and O–H groups in total. The van der Waals surface area contributed by atoms with Gasteiger partial charge in [0.1, 0.15) is 5.75 Å². The Morgan fingerprint density at radius 1 is 1.21 bits per heavy atom. The van der Waals surface area contributed by atoms with Gasteiger partial charge in [0.15, 0.2) is 0 Å². The quantitative estimate of drug-likeness (QED) is 0.605. The zero-order valence-electron chi connectivity index (χ0n) is 18.1. The van der Waals surface area contributed by atoms with Crippen molar-refractivity contribution in [2.24, 2.45) is 0 Å². The molecule has 5 rings (SSSR count). The Hall–Kier alpha value is -3.34. The van der Waals surface area contributed by atoms with Crippen LogP contribution in [-0.4, -0.2) is 39.6 Å². The molecule has 2 aromatic carbocycles. The first-order valence-corrected chi connectivity index (χ1v) is 11.4. The summed E-state index contributed by atoms with van der Waals surface area (Å²) in [5.41, 5.74) is 3.73. The molecular weight excluding hydrogens is 438 g/mol. The molecule has 168 valence electrons. The van der Waals surface area contributed by atoms with Crippen molar-refractivity contribution in [2.45, 2.75) is 38.0 Å². The average molecular weight is 462 g/mol. The lowest BCUT2D eigenvalue weighted by Gasteiger charge is -2.33. The summed E-state index contributed by atoms with van der Waals surface area (Å²) in [5.74, 6) is 0.928. The molecular formula is C25H24ClN5O2. The van der Waals surface area contributed by atoms with Gasteiger partial charge in [-0.2, -0.15) is 5.26 Å². The summed E-state index contributed by atoms with van der Waals surface area (Å²) < 4.78 is 7.82. The van der Waals surface area contributed by atoms with Gasteiger partial charge in [-0.05, 0) is 42.3 Å². The van der Waals surface area contributed by atoms with Crippen LogP contribution in [0.15, 0.2) is 55.0 Å². The molecule has 0 aliphatic carbocycles. The molecule has 2 unspecified atom stereocenters. The highest BCUT2D eigenvalue weighted by Crippen LogP contribution is 2.39. The second-order valence-corrected chi connectivity index (χ2v) is 8.85. The smallest absolute Gasteiger partial charge is 0.240 e. The highest BCUT2D eigenvalue weighted by molar-refractivity contribution is 6.30. The van der Waals surface area contributed by atoms with E-state index in [4.69, 9.17) is 21.6 Å². The maximum Gasteiger partial charge on any atom is 0.240 e. The van der Waals surface area contributed by atoms with Crippen molar-refractivity contribution in [1.29, 1.82) is 5.26 Å². The van der Waals surface area contributed by atoms with Crippen LogP contribution in [-0.2, 0) is 17.9 Å². The lowest BCUT2D eigenvalue weighted by molar-refractivity contribution is -0.132. The van der Waals surface area contributed by atoms with E-state index in [9.17, 15) is 4.79 Å². The molecule has 1 amide bonds. The van der Waals surface area contributed by atoms with Crippen LogP contribution in [0.25, 0.3) is 0 Å². The summed E-state index contributed by atoms with van der Waals surface area (Å²) in [6.07, 6.45) is 5.14. The minimum atomic E-state index is -0.228. The van der Waals surface area contributed by atoms with Crippen LogP contribution in [0.3, 0.4) is 0 Å². The van der Waals surface area contributed by atoms with E-state index in [0.29, 0.717) is 36.8 Å². The van der Waals surface area contributed by atoms with Crippen molar-refractivity contribution in [2.75, 3.05) is 13.2 Å². The van der Waals surface area contributed by atoms with Crippen molar-refractivity contribution in [3.8, 4) is 11.8 Å². The fourth-order valence-electron chi connectivity index (χ4n) is 4.62. The first kappa shape index (κ1) is 21.5. The lowest BCUT2D eigenvalue weighted by Crippen LogP contribution is -2.40. The Balaban J connectivity index is 1.23. The molecule has 7 nitrogen and oxygen atoms in total. The van der Waals surface area contributed by atoms with E-state index in [-0.39, 0.29) is 18.0 Å². The molecule has 1 fully saturated rings. The summed E-state index contributed by atoms with van der Waals surface area (Å²) in [5, 5.41) is 13.1. The Kier molecular flexibility index (Phi) is 6.03. The monoisotopic (exact) mass is 461 g/mol. The number of carbonyl (C=O) groups is 1. The third-order valence-electron chi connectivity index (χ3n) is 6.36. The molecule has 2 aliphatic rings. The number of nitrogens with zero attached hydrogens (tertiary/aromatic N) is 4. The molecule has 33 heavy (non-hydrogen) atoms. The number of ether oxygens (including phenoxy) is 1. The Labute approximate surface area is 197 Å². The molecule has 0 spiro atoms. The van der Waals surface area contributed by atoms with E-state index < -0.39 is 0 Å². The summed E-state index contributed by atoms with van der Waals surface area (Å²) in [6, 6.07) is 15.1. The first-order chi connectivity index (χ1) is 16.1. The molecule has 0 saturated carbocycles. The standard InChI is InChI=1S/C25H24ClN5O2/c26-19-5-6-24-21(11-19)23(8-10-33-24)31-9-7-22(25(31)32)29-14-20-13-28-16-30(20)15-18-3-1-17(12-27)2-4-18/h1-6,11,13,16,22-23,29H,7-10,14-15H2. The number of imidazole rings is 1. The maximum atomic E-state index is 13.2. The highest BCUT2D eigenvalue weighted by Gasteiger charge is 2.38. The topological polar surface area (TPSA) is 83.2 Å². The number of likely N-dealkylation sites (tertiary alicyclic amines) is 1. The second kappa shape index (κ2) is 9.26. The zero-order valence-corrected chi connectivity index (χ0v) is 18.8. The van der Waals surface area contributed by atoms with Gasteiger partial charge in [0.2, 0.25) is 5.91 Å². The lowest BCUT2D eigenvalue weighted by atomic mass is 9.99. The SMILES string of the molecule is N#Cc1ccc(Cn2cncc2CNC2CCN(C3CCOc4ccc(Cl)cc43)C2=O)cc1. The Bertz CT molecular complexity index is 1200. The average Bonchev–Trinajstić information content (AvgIpc) is 3.43. The van der Waals surface area contributed by atoms with Crippen molar-refractivity contribution in [1.82, 2.24) is 19.8 Å². The summed E-state index contributed by atoms with van der Waals surface area (Å²) in [4.78, 5) is 19.5. The van der Waals surface area contributed by atoms with E-state index in [1.165, 1.54) is 0 Å². The van der Waals surface area contributed by atoms with Crippen LogP contribution in [0.4, 0.5) is 0 Å². The van der Waals surface area contributed by atoms with Crippen LogP contribution in [0.5, 0.6) is 5.75 Å². The van der Waals surface area contributed by atoms with Gasteiger partial charge in [-0.1, -0.05) is 23.7 Å². The number of carbonyl (C=O) groups excluding carboxylic acids is 1. The van der Waals surface area contributed by atoms with E-state index in [0.717, 1.165) is 35.4 Å². The molecule has 3 heterocycles. The first-order valence-electron chi connectivity index (χ1n) is 11.1. The number of nitriles is 1. The van der Waals surface area contributed by atoms with E-state index in [1.807, 2.05) is 53.6 Å². The molecule has 1 aromatic heterocycles. The number of benzene rings is 2. The summed E-state index contributed by atoms with van der Waals surface area (Å²) in [6.45, 7) is 2.51. The minimum Gasteiger partial charge on any atom is -0.493 e. The minimum absolute atomic E-state index is 0.00587. The number of aromatic nitrogens is 2. The molecule has 8 heteroatoms. The third kappa shape index (κ3) is 4.45. The molecule has 2 aliphatic heterocycles. The largest absolute Gasteiger partial charge is 0.493 e. The van der Waals surface area contributed by atoms with Crippen LogP contribution in [0.2, 0.25) is 5.02 Å². The van der Waals surface area contributed by atoms with Gasteiger partial charge >= 0.3 is 0 Å². The summed E-state index contributed by atoms with van der Waals surface area (Å²) in [7, 11) is 0. The van der Waals surface area contributed by atoms with Gasteiger partial charge in [0, 0.05) is 42.8 Å². The van der Waals surface area contributed by atoms with E-state index in [1.54, 1.807) is 6.33 Å². The van der Waals surface area contributed by atoms with Crippen molar-refractivity contribution < 1.29 is 9.53 Å². The van der Waals surface area contributed by atoms with E-state index >= 15 is 0 Å². The normalized spacial score (nSPS) is 19.8. The van der Waals surface area contributed by atoms with Gasteiger partial charge in [-0.25, -0.2) is 4.98 Å². The van der Waals surface area contributed by atoms with Gasteiger partial charge < -0.3 is 19.5 Å². The maximum absolute atomic E-state index is 13.2. The van der Waals surface area contributed by atoms with Crippen molar-refractivity contribution >= 4 is 17.5 Å². The summed E-state index contributed by atoms with van der Waals surface area (Å²) >= 11 is 6.21. The molecule has 2 atom stereocenters. The number of halogens is 1. The second-order valence-electron chi connectivity index (χ2n) is 8.41.